The minimum Gasteiger partial charge on any atom is -0.497 e. The van der Waals surface area contributed by atoms with Gasteiger partial charge in [0, 0.05) is 31.4 Å². The maximum atomic E-state index is 13.0. The van der Waals surface area contributed by atoms with E-state index in [1.807, 2.05) is 30.3 Å². The van der Waals surface area contributed by atoms with Gasteiger partial charge in [-0.15, -0.1) is 0 Å². The maximum Gasteiger partial charge on any atom is 0.417 e. The van der Waals surface area contributed by atoms with Crippen LogP contribution in [0.2, 0.25) is 0 Å². The summed E-state index contributed by atoms with van der Waals surface area (Å²) < 4.78 is 10.8. The third-order valence-electron chi connectivity index (χ3n) is 6.94. The number of carbonyl (C=O) groups excluding carboxylic acids is 2. The number of anilines is 1. The molecule has 0 saturated carbocycles. The molecule has 2 aliphatic rings. The van der Waals surface area contributed by atoms with E-state index in [-0.39, 0.29) is 12.5 Å². The van der Waals surface area contributed by atoms with Crippen molar-refractivity contribution in [3.8, 4) is 5.75 Å². The number of piperidine rings is 1. The van der Waals surface area contributed by atoms with Gasteiger partial charge in [0.2, 0.25) is 0 Å². The number of carbonyl (C=O) groups is 2. The zero-order chi connectivity index (χ0) is 25.3. The fraction of sp³-hybridized carbons (Fsp3) is 0.500. The average molecular weight is 480 g/mol. The molecule has 0 aromatic heterocycles. The first kappa shape index (κ1) is 25.0. The molecule has 2 amide bonds. The second kappa shape index (κ2) is 9.90. The second-order valence-electron chi connectivity index (χ2n) is 10.8. The van der Waals surface area contributed by atoms with E-state index in [0.717, 1.165) is 43.1 Å². The summed E-state index contributed by atoms with van der Waals surface area (Å²) in [6.45, 7) is 8.60. The van der Waals surface area contributed by atoms with Crippen molar-refractivity contribution in [1.82, 2.24) is 9.80 Å². The third-order valence-corrected chi connectivity index (χ3v) is 6.94. The molecule has 1 fully saturated rings. The molecular formula is C28H37N3O4. The Balaban J connectivity index is 1.49. The van der Waals surface area contributed by atoms with Crippen LogP contribution < -0.4 is 9.64 Å². The zero-order valence-electron chi connectivity index (χ0n) is 21.7. The highest BCUT2D eigenvalue weighted by Crippen LogP contribution is 2.35. The Morgan fingerprint density at radius 1 is 1.14 bits per heavy atom. The number of likely N-dealkylation sites (tertiary alicyclic amines) is 1. The highest BCUT2D eigenvalue weighted by atomic mass is 16.6. The van der Waals surface area contributed by atoms with Crippen molar-refractivity contribution in [3.05, 3.63) is 59.2 Å². The number of amides is 2. The van der Waals surface area contributed by atoms with Crippen molar-refractivity contribution < 1.29 is 19.1 Å². The lowest BCUT2D eigenvalue weighted by atomic mass is 9.80. The van der Waals surface area contributed by atoms with E-state index in [1.54, 1.807) is 27.9 Å². The number of fused-ring (bicyclic) bond motifs is 1. The Bertz CT molecular complexity index is 1080. The lowest BCUT2D eigenvalue weighted by Crippen LogP contribution is -2.42. The number of hydrogen-bond acceptors (Lipinski definition) is 6. The van der Waals surface area contributed by atoms with Crippen molar-refractivity contribution in [2.24, 2.45) is 5.92 Å². The highest BCUT2D eigenvalue weighted by molar-refractivity contribution is 6.07. The van der Waals surface area contributed by atoms with Gasteiger partial charge in [0.15, 0.2) is 0 Å². The van der Waals surface area contributed by atoms with Crippen molar-refractivity contribution in [2.75, 3.05) is 45.7 Å². The van der Waals surface area contributed by atoms with Crippen molar-refractivity contribution in [2.45, 2.75) is 45.3 Å². The summed E-state index contributed by atoms with van der Waals surface area (Å²) in [4.78, 5) is 31.3. The number of methoxy groups -OCH3 is 1. The van der Waals surface area contributed by atoms with Crippen LogP contribution in [-0.2, 0) is 11.3 Å². The number of ether oxygens (including phenoxy) is 2. The van der Waals surface area contributed by atoms with Gasteiger partial charge in [0.25, 0.3) is 5.91 Å². The van der Waals surface area contributed by atoms with Crippen LogP contribution in [0.15, 0.2) is 42.5 Å². The zero-order valence-corrected chi connectivity index (χ0v) is 21.7. The molecule has 2 atom stereocenters. The predicted octanol–water partition coefficient (Wildman–Crippen LogP) is 4.76. The van der Waals surface area contributed by atoms with Crippen molar-refractivity contribution >= 4 is 17.7 Å². The molecule has 0 spiro atoms. The molecule has 188 valence electrons. The van der Waals surface area contributed by atoms with Crippen LogP contribution in [0.4, 0.5) is 10.5 Å². The third kappa shape index (κ3) is 5.61. The van der Waals surface area contributed by atoms with Crippen LogP contribution in [-0.4, -0.2) is 68.2 Å². The van der Waals surface area contributed by atoms with Gasteiger partial charge in [-0.25, -0.2) is 9.69 Å². The smallest absolute Gasteiger partial charge is 0.417 e. The molecule has 4 rings (SSSR count). The average Bonchev–Trinajstić information content (AvgIpc) is 3.14. The van der Waals surface area contributed by atoms with E-state index < -0.39 is 11.7 Å². The Labute approximate surface area is 208 Å². The molecule has 35 heavy (non-hydrogen) atoms. The molecule has 0 aliphatic carbocycles. The quantitative estimate of drug-likeness (QED) is 0.616. The fourth-order valence-corrected chi connectivity index (χ4v) is 5.14. The molecular weight excluding hydrogens is 442 g/mol. The lowest BCUT2D eigenvalue weighted by Gasteiger charge is -2.39. The normalized spacial score (nSPS) is 20.5. The van der Waals surface area contributed by atoms with Gasteiger partial charge in [0.1, 0.15) is 11.4 Å². The molecule has 7 nitrogen and oxygen atoms in total. The molecule has 0 N–H and O–H groups in total. The van der Waals surface area contributed by atoms with Gasteiger partial charge in [-0.1, -0.05) is 18.2 Å². The first-order valence-electron chi connectivity index (χ1n) is 12.3. The molecule has 2 aromatic carbocycles. The minimum atomic E-state index is -0.648. The van der Waals surface area contributed by atoms with Gasteiger partial charge in [0.05, 0.1) is 13.7 Å². The summed E-state index contributed by atoms with van der Waals surface area (Å²) in [6.07, 6.45) is 0.510. The van der Waals surface area contributed by atoms with Gasteiger partial charge < -0.3 is 19.3 Å². The number of nitrogens with zero attached hydrogens (tertiary/aromatic N) is 3. The van der Waals surface area contributed by atoms with Gasteiger partial charge >= 0.3 is 6.09 Å². The number of hydrogen-bond donors (Lipinski definition) is 0. The van der Waals surface area contributed by atoms with Crippen LogP contribution in [0.25, 0.3) is 0 Å². The van der Waals surface area contributed by atoms with Gasteiger partial charge in [-0.05, 0) is 88.0 Å². The maximum absolute atomic E-state index is 13.0. The summed E-state index contributed by atoms with van der Waals surface area (Å²) in [7, 11) is 5.94. The predicted molar refractivity (Wildman–Crippen MR) is 137 cm³/mol. The number of rotatable bonds is 5. The topological polar surface area (TPSA) is 62.3 Å². The van der Waals surface area contributed by atoms with Gasteiger partial charge in [-0.3, -0.25) is 4.79 Å². The summed E-state index contributed by atoms with van der Waals surface area (Å²) in [5.74, 6) is 1.48. The molecule has 0 bridgehead atoms. The molecule has 7 heteroatoms. The minimum absolute atomic E-state index is 0.250. The van der Waals surface area contributed by atoms with E-state index in [9.17, 15) is 9.59 Å². The summed E-state index contributed by atoms with van der Waals surface area (Å²) in [5.41, 5.74) is 3.10. The molecule has 2 aromatic rings. The second-order valence-corrected chi connectivity index (χ2v) is 10.8. The Morgan fingerprint density at radius 3 is 2.51 bits per heavy atom. The van der Waals surface area contributed by atoms with Crippen LogP contribution in [0.5, 0.6) is 5.75 Å². The SMILES string of the molecule is COc1ccc([C@@H]2CCN(C)C[C@H]2CN(C)c2ccc3c(c2)C(=O)N(C(=O)OC(C)(C)C)C3)cc1. The standard InChI is InChI=1S/C28H37N3O4/c1-28(2,3)35-27(33)31-18-20-7-10-22(15-25(20)26(31)32)30(5)17-21-16-29(4)14-13-24(21)19-8-11-23(34-6)12-9-19/h7-12,15,21,24H,13-14,16-18H2,1-6H3/t21-,24-/m0/s1. The van der Waals surface area contributed by atoms with E-state index in [2.05, 4.69) is 36.0 Å². The van der Waals surface area contributed by atoms with Gasteiger partial charge in [-0.2, -0.15) is 0 Å². The van der Waals surface area contributed by atoms with Crippen LogP contribution >= 0.6 is 0 Å². The first-order chi connectivity index (χ1) is 16.6. The van der Waals surface area contributed by atoms with Crippen LogP contribution in [0, 0.1) is 5.92 Å². The largest absolute Gasteiger partial charge is 0.497 e. The molecule has 1 saturated heterocycles. The summed E-state index contributed by atoms with van der Waals surface area (Å²) >= 11 is 0. The van der Waals surface area contributed by atoms with Crippen LogP contribution in [0.1, 0.15) is 54.6 Å². The van der Waals surface area contributed by atoms with E-state index in [0.29, 0.717) is 17.4 Å². The first-order valence-corrected chi connectivity index (χ1v) is 12.3. The molecule has 2 heterocycles. The highest BCUT2D eigenvalue weighted by Gasteiger charge is 2.36. The Hall–Kier alpha value is -3.06. The lowest BCUT2D eigenvalue weighted by molar-refractivity contribution is 0.0248. The van der Waals surface area contributed by atoms with E-state index >= 15 is 0 Å². The van der Waals surface area contributed by atoms with Crippen molar-refractivity contribution in [1.29, 1.82) is 0 Å². The molecule has 2 aliphatic heterocycles. The monoisotopic (exact) mass is 479 g/mol. The van der Waals surface area contributed by atoms with E-state index in [4.69, 9.17) is 9.47 Å². The Kier molecular flexibility index (Phi) is 7.08. The molecule has 0 radical (unpaired) electrons. The number of imide groups is 1. The fourth-order valence-electron chi connectivity index (χ4n) is 5.14. The summed E-state index contributed by atoms with van der Waals surface area (Å²) in [5, 5.41) is 0. The van der Waals surface area contributed by atoms with Crippen LogP contribution in [0.3, 0.4) is 0 Å². The van der Waals surface area contributed by atoms with Crippen molar-refractivity contribution in [3.63, 3.8) is 0 Å². The van der Waals surface area contributed by atoms with E-state index in [1.165, 1.54) is 10.5 Å². The number of benzene rings is 2. The Morgan fingerprint density at radius 2 is 1.86 bits per heavy atom. The summed E-state index contributed by atoms with van der Waals surface area (Å²) in [6, 6.07) is 14.4. The molecule has 0 unspecified atom stereocenters.